The van der Waals surface area contributed by atoms with E-state index in [0.717, 1.165) is 22.7 Å². The van der Waals surface area contributed by atoms with Crippen LogP contribution in [0.2, 0.25) is 5.02 Å². The summed E-state index contributed by atoms with van der Waals surface area (Å²) in [5, 5.41) is 6.77. The summed E-state index contributed by atoms with van der Waals surface area (Å²) in [7, 11) is 1.64. The number of halogens is 1. The number of carbonyl (C=O) groups is 1. The minimum Gasteiger partial charge on any atom is -0.496 e. The molecule has 2 N–H and O–H groups in total. The van der Waals surface area contributed by atoms with Gasteiger partial charge in [-0.25, -0.2) is 4.98 Å². The second-order valence-electron chi connectivity index (χ2n) is 5.88. The fraction of sp³-hybridized carbons (Fsp3) is 0.143. The molecule has 0 spiro atoms. The maximum Gasteiger partial charge on any atom is 0.269 e. The van der Waals surface area contributed by atoms with Crippen molar-refractivity contribution in [2.24, 2.45) is 0 Å². The molecular weight excluding hydrogens is 362 g/mol. The molecule has 5 nitrogen and oxygen atoms in total. The van der Waals surface area contributed by atoms with Crippen LogP contribution in [0.4, 0.5) is 11.4 Å². The zero-order valence-electron chi connectivity index (χ0n) is 14.9. The first kappa shape index (κ1) is 18.7. The number of nitrogens with one attached hydrogen (secondary N) is 2. The second-order valence-corrected chi connectivity index (χ2v) is 6.32. The van der Waals surface area contributed by atoms with Gasteiger partial charge < -0.3 is 15.4 Å². The molecule has 0 fully saturated rings. The van der Waals surface area contributed by atoms with Gasteiger partial charge in [-0.1, -0.05) is 29.8 Å². The summed E-state index contributed by atoms with van der Waals surface area (Å²) in [6.07, 6.45) is 2.32. The summed E-state index contributed by atoms with van der Waals surface area (Å²) in [6, 6.07) is 18.6. The maximum atomic E-state index is 12.3. The Morgan fingerprint density at radius 2 is 1.78 bits per heavy atom. The molecule has 0 bridgehead atoms. The molecule has 0 atom stereocenters. The van der Waals surface area contributed by atoms with Crippen LogP contribution < -0.4 is 15.4 Å². The number of hydrogen-bond acceptors (Lipinski definition) is 4. The van der Waals surface area contributed by atoms with Gasteiger partial charge in [0.15, 0.2) is 0 Å². The Balaban J connectivity index is 1.53. The molecule has 27 heavy (non-hydrogen) atoms. The molecule has 2 aromatic carbocycles. The number of nitrogens with zero attached hydrogens (tertiary/aromatic N) is 1. The fourth-order valence-electron chi connectivity index (χ4n) is 2.61. The molecule has 6 heteroatoms. The molecule has 0 radical (unpaired) electrons. The van der Waals surface area contributed by atoms with Crippen LogP contribution in [0.1, 0.15) is 16.1 Å². The van der Waals surface area contributed by atoms with E-state index in [1.807, 2.05) is 42.5 Å². The van der Waals surface area contributed by atoms with Crippen LogP contribution in [0, 0.1) is 0 Å². The highest BCUT2D eigenvalue weighted by atomic mass is 35.5. The number of amides is 1. The van der Waals surface area contributed by atoms with Gasteiger partial charge in [0, 0.05) is 17.3 Å². The van der Waals surface area contributed by atoms with E-state index in [1.165, 1.54) is 0 Å². The number of anilines is 2. The van der Waals surface area contributed by atoms with E-state index >= 15 is 0 Å². The first-order valence-electron chi connectivity index (χ1n) is 8.54. The summed E-state index contributed by atoms with van der Waals surface area (Å²) in [4.78, 5) is 16.5. The molecule has 3 rings (SSSR count). The van der Waals surface area contributed by atoms with Crippen molar-refractivity contribution in [1.82, 2.24) is 10.3 Å². The number of pyridine rings is 1. The summed E-state index contributed by atoms with van der Waals surface area (Å²) >= 11 is 5.88. The molecule has 0 saturated heterocycles. The van der Waals surface area contributed by atoms with Crippen molar-refractivity contribution < 1.29 is 9.53 Å². The molecule has 1 amide bonds. The first-order valence-corrected chi connectivity index (χ1v) is 8.92. The Morgan fingerprint density at radius 1 is 1.04 bits per heavy atom. The van der Waals surface area contributed by atoms with E-state index in [1.54, 1.807) is 31.5 Å². The van der Waals surface area contributed by atoms with E-state index in [4.69, 9.17) is 16.3 Å². The van der Waals surface area contributed by atoms with E-state index < -0.39 is 0 Å². The Morgan fingerprint density at radius 3 is 2.48 bits per heavy atom. The lowest BCUT2D eigenvalue weighted by Gasteiger charge is -2.09. The van der Waals surface area contributed by atoms with Gasteiger partial charge in [0.05, 0.1) is 19.0 Å². The lowest BCUT2D eigenvalue weighted by molar-refractivity contribution is 0.0949. The Kier molecular flexibility index (Phi) is 6.28. The fourth-order valence-corrected chi connectivity index (χ4v) is 2.74. The smallest absolute Gasteiger partial charge is 0.269 e. The lowest BCUT2D eigenvalue weighted by atomic mass is 10.1. The Bertz CT molecular complexity index is 896. The van der Waals surface area contributed by atoms with E-state index in [9.17, 15) is 4.79 Å². The van der Waals surface area contributed by atoms with Crippen molar-refractivity contribution in [3.05, 3.63) is 83.1 Å². The summed E-state index contributed by atoms with van der Waals surface area (Å²) in [5.74, 6) is 0.616. The van der Waals surface area contributed by atoms with Crippen molar-refractivity contribution in [1.29, 1.82) is 0 Å². The molecule has 0 saturated carbocycles. The largest absolute Gasteiger partial charge is 0.496 e. The topological polar surface area (TPSA) is 63.2 Å². The van der Waals surface area contributed by atoms with Gasteiger partial charge in [-0.15, -0.1) is 0 Å². The molecule has 1 aromatic heterocycles. The van der Waals surface area contributed by atoms with Crippen LogP contribution in [0.5, 0.6) is 5.75 Å². The average Bonchev–Trinajstić information content (AvgIpc) is 2.70. The van der Waals surface area contributed by atoms with Crippen LogP contribution in [0.3, 0.4) is 0 Å². The number of ether oxygens (including phenoxy) is 1. The highest BCUT2D eigenvalue weighted by Crippen LogP contribution is 2.19. The number of benzene rings is 2. The standard InChI is InChI=1S/C21H20ClN3O2/c1-27-20-5-3-2-4-15(20)12-13-23-21(26)19-11-10-18(14-24-19)25-17-8-6-16(22)7-9-17/h2-11,14,25H,12-13H2,1H3,(H,23,26). The molecule has 0 aliphatic carbocycles. The monoisotopic (exact) mass is 381 g/mol. The minimum atomic E-state index is -0.206. The number of carbonyl (C=O) groups excluding carboxylic acids is 1. The highest BCUT2D eigenvalue weighted by molar-refractivity contribution is 6.30. The average molecular weight is 382 g/mol. The zero-order valence-corrected chi connectivity index (χ0v) is 15.7. The third-order valence-corrected chi connectivity index (χ3v) is 4.25. The molecule has 138 valence electrons. The normalized spacial score (nSPS) is 10.3. The molecule has 1 heterocycles. The summed E-state index contributed by atoms with van der Waals surface area (Å²) < 4.78 is 5.32. The lowest BCUT2D eigenvalue weighted by Crippen LogP contribution is -2.26. The Labute approximate surface area is 163 Å². The quantitative estimate of drug-likeness (QED) is 0.634. The maximum absolute atomic E-state index is 12.3. The predicted octanol–water partition coefficient (Wildman–Crippen LogP) is 4.46. The van der Waals surface area contributed by atoms with Gasteiger partial charge in [-0.2, -0.15) is 0 Å². The summed E-state index contributed by atoms with van der Waals surface area (Å²) in [5.41, 5.74) is 3.12. The molecule has 0 aliphatic rings. The first-order chi connectivity index (χ1) is 13.2. The van der Waals surface area contributed by atoms with Gasteiger partial charge in [-0.3, -0.25) is 4.79 Å². The minimum absolute atomic E-state index is 0.206. The van der Waals surface area contributed by atoms with Gasteiger partial charge in [0.25, 0.3) is 5.91 Å². The zero-order chi connectivity index (χ0) is 19.1. The number of rotatable bonds is 7. The SMILES string of the molecule is COc1ccccc1CCNC(=O)c1ccc(Nc2ccc(Cl)cc2)cn1. The van der Waals surface area contributed by atoms with Crippen molar-refractivity contribution in [2.45, 2.75) is 6.42 Å². The van der Waals surface area contributed by atoms with Crippen molar-refractivity contribution in [3.63, 3.8) is 0 Å². The van der Waals surface area contributed by atoms with E-state index in [0.29, 0.717) is 23.7 Å². The van der Waals surface area contributed by atoms with E-state index in [2.05, 4.69) is 15.6 Å². The summed E-state index contributed by atoms with van der Waals surface area (Å²) in [6.45, 7) is 0.506. The van der Waals surface area contributed by atoms with Crippen LogP contribution in [0.15, 0.2) is 66.9 Å². The van der Waals surface area contributed by atoms with Crippen molar-refractivity contribution in [2.75, 3.05) is 19.0 Å². The van der Waals surface area contributed by atoms with Crippen LogP contribution in [-0.4, -0.2) is 24.5 Å². The highest BCUT2D eigenvalue weighted by Gasteiger charge is 2.08. The van der Waals surface area contributed by atoms with Crippen LogP contribution >= 0.6 is 11.6 Å². The third-order valence-electron chi connectivity index (χ3n) is 4.00. The van der Waals surface area contributed by atoms with Crippen LogP contribution in [0.25, 0.3) is 0 Å². The number of aromatic nitrogens is 1. The van der Waals surface area contributed by atoms with Gasteiger partial charge in [0.1, 0.15) is 11.4 Å². The predicted molar refractivity (Wildman–Crippen MR) is 108 cm³/mol. The number of methoxy groups -OCH3 is 1. The third kappa shape index (κ3) is 5.21. The van der Waals surface area contributed by atoms with Gasteiger partial charge in [-0.05, 0) is 54.4 Å². The Hall–Kier alpha value is -3.05. The van der Waals surface area contributed by atoms with Gasteiger partial charge >= 0.3 is 0 Å². The number of hydrogen-bond donors (Lipinski definition) is 2. The van der Waals surface area contributed by atoms with Crippen molar-refractivity contribution >= 4 is 28.9 Å². The molecule has 3 aromatic rings. The molecule has 0 unspecified atom stereocenters. The van der Waals surface area contributed by atoms with E-state index in [-0.39, 0.29) is 5.91 Å². The number of para-hydroxylation sites is 1. The molecule has 0 aliphatic heterocycles. The molecular formula is C21H20ClN3O2. The van der Waals surface area contributed by atoms with Crippen LogP contribution in [-0.2, 0) is 6.42 Å². The van der Waals surface area contributed by atoms with Gasteiger partial charge in [0.2, 0.25) is 0 Å². The van der Waals surface area contributed by atoms with Crippen molar-refractivity contribution in [3.8, 4) is 5.75 Å². The second kappa shape index (κ2) is 9.05.